The second-order valence-electron chi connectivity index (χ2n) is 4.71. The highest BCUT2D eigenvalue weighted by Gasteiger charge is 2.34. The fourth-order valence-electron chi connectivity index (χ4n) is 3.04. The molecule has 2 aliphatic carbocycles. The van der Waals surface area contributed by atoms with Crippen molar-refractivity contribution in [2.45, 2.75) is 25.7 Å². The van der Waals surface area contributed by atoms with Crippen LogP contribution in [0.15, 0.2) is 35.9 Å². The molecule has 0 saturated heterocycles. The van der Waals surface area contributed by atoms with Crippen molar-refractivity contribution >= 4 is 6.08 Å². The van der Waals surface area contributed by atoms with Crippen LogP contribution in [0.25, 0.3) is 6.08 Å². The molecule has 0 spiro atoms. The van der Waals surface area contributed by atoms with Crippen LogP contribution in [-0.4, -0.2) is 0 Å². The standard InChI is InChI=1S/C14H16/c1-2-4-11(5-3-1)8-14-10-12-6-7-13(14)9-12/h1-5,8,12-13H,6-7,9-10H2. The molecule has 14 heavy (non-hydrogen) atoms. The highest BCUT2D eigenvalue weighted by molar-refractivity contribution is 5.54. The topological polar surface area (TPSA) is 0 Å². The van der Waals surface area contributed by atoms with E-state index in [0.29, 0.717) is 0 Å². The quantitative estimate of drug-likeness (QED) is 0.621. The van der Waals surface area contributed by atoms with Crippen LogP contribution in [0.4, 0.5) is 0 Å². The van der Waals surface area contributed by atoms with Crippen molar-refractivity contribution in [1.82, 2.24) is 0 Å². The zero-order chi connectivity index (χ0) is 9.38. The second-order valence-corrected chi connectivity index (χ2v) is 4.71. The first-order valence-electron chi connectivity index (χ1n) is 5.67. The van der Waals surface area contributed by atoms with Crippen LogP contribution in [0.1, 0.15) is 31.2 Å². The lowest BCUT2D eigenvalue weighted by molar-refractivity contribution is 0.563. The molecule has 0 heterocycles. The summed E-state index contributed by atoms with van der Waals surface area (Å²) in [6.07, 6.45) is 8.20. The Balaban J connectivity index is 1.86. The van der Waals surface area contributed by atoms with E-state index in [2.05, 4.69) is 36.4 Å². The van der Waals surface area contributed by atoms with Gasteiger partial charge in [0.2, 0.25) is 0 Å². The first-order valence-corrected chi connectivity index (χ1v) is 5.67. The first-order chi connectivity index (χ1) is 6.92. The van der Waals surface area contributed by atoms with Gasteiger partial charge in [0.15, 0.2) is 0 Å². The van der Waals surface area contributed by atoms with Gasteiger partial charge in [-0.2, -0.15) is 0 Å². The van der Waals surface area contributed by atoms with E-state index in [1.54, 1.807) is 5.57 Å². The molecular weight excluding hydrogens is 168 g/mol. The van der Waals surface area contributed by atoms with Crippen molar-refractivity contribution in [1.29, 1.82) is 0 Å². The predicted molar refractivity (Wildman–Crippen MR) is 59.9 cm³/mol. The van der Waals surface area contributed by atoms with Gasteiger partial charge in [0.05, 0.1) is 0 Å². The number of rotatable bonds is 1. The van der Waals surface area contributed by atoms with Gasteiger partial charge >= 0.3 is 0 Å². The molecule has 1 aromatic carbocycles. The van der Waals surface area contributed by atoms with Crippen molar-refractivity contribution in [2.75, 3.05) is 0 Å². The summed E-state index contributed by atoms with van der Waals surface area (Å²) in [6, 6.07) is 10.7. The lowest BCUT2D eigenvalue weighted by atomic mass is 9.93. The SMILES string of the molecule is C(=C1CC2CCC1C2)c1ccccc1. The van der Waals surface area contributed by atoms with Crippen LogP contribution in [0.2, 0.25) is 0 Å². The highest BCUT2D eigenvalue weighted by Crippen LogP contribution is 2.48. The zero-order valence-electron chi connectivity index (χ0n) is 8.45. The molecule has 0 aliphatic heterocycles. The molecule has 2 fully saturated rings. The molecule has 72 valence electrons. The molecule has 2 bridgehead atoms. The number of hydrogen-bond donors (Lipinski definition) is 0. The molecule has 2 aliphatic rings. The summed E-state index contributed by atoms with van der Waals surface area (Å²) in [4.78, 5) is 0. The summed E-state index contributed by atoms with van der Waals surface area (Å²) in [5.41, 5.74) is 3.10. The lowest BCUT2D eigenvalue weighted by Gasteiger charge is -2.12. The minimum atomic E-state index is 0.931. The molecule has 0 N–H and O–H groups in total. The van der Waals surface area contributed by atoms with Crippen molar-refractivity contribution in [3.63, 3.8) is 0 Å². The van der Waals surface area contributed by atoms with E-state index in [9.17, 15) is 0 Å². The Morgan fingerprint density at radius 3 is 2.57 bits per heavy atom. The maximum Gasteiger partial charge on any atom is -0.0197 e. The summed E-state index contributed by atoms with van der Waals surface area (Å²) >= 11 is 0. The van der Waals surface area contributed by atoms with Gasteiger partial charge < -0.3 is 0 Å². The zero-order valence-corrected chi connectivity index (χ0v) is 8.45. The van der Waals surface area contributed by atoms with Gasteiger partial charge in [0, 0.05) is 0 Å². The van der Waals surface area contributed by atoms with Crippen LogP contribution < -0.4 is 0 Å². The van der Waals surface area contributed by atoms with Crippen molar-refractivity contribution in [2.24, 2.45) is 11.8 Å². The molecule has 0 radical (unpaired) electrons. The molecule has 2 unspecified atom stereocenters. The Morgan fingerprint density at radius 2 is 1.93 bits per heavy atom. The van der Waals surface area contributed by atoms with Gasteiger partial charge in [-0.3, -0.25) is 0 Å². The average Bonchev–Trinajstić information content (AvgIpc) is 2.81. The monoisotopic (exact) mass is 184 g/mol. The summed E-state index contributed by atoms with van der Waals surface area (Å²) in [5.74, 6) is 1.95. The van der Waals surface area contributed by atoms with E-state index in [0.717, 1.165) is 11.8 Å². The van der Waals surface area contributed by atoms with Gasteiger partial charge in [-0.25, -0.2) is 0 Å². The van der Waals surface area contributed by atoms with Crippen molar-refractivity contribution in [3.8, 4) is 0 Å². The first kappa shape index (κ1) is 8.28. The van der Waals surface area contributed by atoms with Crippen LogP contribution in [0.3, 0.4) is 0 Å². The third-order valence-electron chi connectivity index (χ3n) is 3.74. The Morgan fingerprint density at radius 1 is 1.07 bits per heavy atom. The maximum atomic E-state index is 2.42. The predicted octanol–water partition coefficient (Wildman–Crippen LogP) is 3.89. The molecular formula is C14H16. The number of benzene rings is 1. The Labute approximate surface area is 85.6 Å². The van der Waals surface area contributed by atoms with Crippen LogP contribution in [0.5, 0.6) is 0 Å². The molecule has 0 amide bonds. The van der Waals surface area contributed by atoms with Crippen LogP contribution >= 0.6 is 0 Å². The van der Waals surface area contributed by atoms with Crippen molar-refractivity contribution < 1.29 is 0 Å². The van der Waals surface area contributed by atoms with E-state index in [1.165, 1.54) is 31.2 Å². The van der Waals surface area contributed by atoms with Gasteiger partial charge in [-0.1, -0.05) is 42.0 Å². The number of hydrogen-bond acceptors (Lipinski definition) is 0. The normalized spacial score (nSPS) is 32.7. The summed E-state index contributed by atoms with van der Waals surface area (Å²) in [7, 11) is 0. The van der Waals surface area contributed by atoms with Gasteiger partial charge in [0.25, 0.3) is 0 Å². The minimum Gasteiger partial charge on any atom is -0.0662 e. The van der Waals surface area contributed by atoms with Gasteiger partial charge in [-0.15, -0.1) is 0 Å². The maximum absolute atomic E-state index is 2.42. The third-order valence-corrected chi connectivity index (χ3v) is 3.74. The van der Waals surface area contributed by atoms with E-state index in [1.807, 2.05) is 0 Å². The smallest absolute Gasteiger partial charge is 0.0197 e. The molecule has 2 atom stereocenters. The van der Waals surface area contributed by atoms with Crippen LogP contribution in [0, 0.1) is 11.8 Å². The largest absolute Gasteiger partial charge is 0.0662 e. The fourth-order valence-corrected chi connectivity index (χ4v) is 3.04. The molecule has 2 saturated carbocycles. The summed E-state index contributed by atoms with van der Waals surface area (Å²) in [5, 5.41) is 0. The van der Waals surface area contributed by atoms with Gasteiger partial charge in [0.1, 0.15) is 0 Å². The van der Waals surface area contributed by atoms with Crippen LogP contribution in [-0.2, 0) is 0 Å². The molecule has 1 aromatic rings. The van der Waals surface area contributed by atoms with E-state index < -0.39 is 0 Å². The number of allylic oxidation sites excluding steroid dienone is 1. The molecule has 0 nitrogen and oxygen atoms in total. The number of fused-ring (bicyclic) bond motifs is 2. The lowest BCUT2D eigenvalue weighted by Crippen LogP contribution is -1.97. The summed E-state index contributed by atoms with van der Waals surface area (Å²) in [6.45, 7) is 0. The summed E-state index contributed by atoms with van der Waals surface area (Å²) < 4.78 is 0. The Hall–Kier alpha value is -1.04. The minimum absolute atomic E-state index is 0.931. The van der Waals surface area contributed by atoms with E-state index in [-0.39, 0.29) is 0 Å². The molecule has 0 aromatic heterocycles. The van der Waals surface area contributed by atoms with Gasteiger partial charge in [-0.05, 0) is 43.1 Å². The third kappa shape index (κ3) is 1.39. The average molecular weight is 184 g/mol. The second kappa shape index (κ2) is 3.27. The van der Waals surface area contributed by atoms with E-state index >= 15 is 0 Å². The fraction of sp³-hybridized carbons (Fsp3) is 0.429. The Bertz CT molecular complexity index is 348. The molecule has 3 rings (SSSR count). The highest BCUT2D eigenvalue weighted by atomic mass is 14.4. The van der Waals surface area contributed by atoms with Crippen molar-refractivity contribution in [3.05, 3.63) is 41.5 Å². The van der Waals surface area contributed by atoms with E-state index in [4.69, 9.17) is 0 Å². The Kier molecular flexibility index (Phi) is 1.93. The molecule has 0 heteroatoms.